The highest BCUT2D eigenvalue weighted by Gasteiger charge is 2.44. The average Bonchev–Trinajstić information content (AvgIpc) is 2.71. The first-order valence-corrected chi connectivity index (χ1v) is 10.8. The van der Waals surface area contributed by atoms with Crippen LogP contribution in [0.5, 0.6) is 5.75 Å². The van der Waals surface area contributed by atoms with Crippen LogP contribution in [0.1, 0.15) is 37.8 Å². The van der Waals surface area contributed by atoms with Gasteiger partial charge >= 0.3 is 0 Å². The van der Waals surface area contributed by atoms with Crippen molar-refractivity contribution < 1.29 is 15.0 Å². The molecule has 1 aliphatic heterocycles. The molecule has 0 saturated carbocycles. The highest BCUT2D eigenvalue weighted by molar-refractivity contribution is 5.26. The summed E-state index contributed by atoms with van der Waals surface area (Å²) in [6.45, 7) is 8.44. The quantitative estimate of drug-likeness (QED) is 0.675. The molecule has 0 amide bonds. The first-order chi connectivity index (χ1) is 13.5. The number of hydrogen-bond acceptors (Lipinski definition) is 1. The molecule has 0 aromatic heterocycles. The summed E-state index contributed by atoms with van der Waals surface area (Å²) >= 11 is 0. The fraction of sp³-hybridized carbons (Fsp3) is 0.520. The Bertz CT molecular complexity index is 715. The Balaban J connectivity index is 1.63. The van der Waals surface area contributed by atoms with Gasteiger partial charge in [0.1, 0.15) is 12.3 Å². The van der Waals surface area contributed by atoms with Gasteiger partial charge in [0.05, 0.1) is 33.3 Å². The minimum Gasteiger partial charge on any atom is -0.497 e. The molecule has 0 bridgehead atoms. The number of piperidine rings is 1. The van der Waals surface area contributed by atoms with Crippen molar-refractivity contribution in [2.45, 2.75) is 45.7 Å². The fourth-order valence-electron chi connectivity index (χ4n) is 4.99. The molecule has 0 radical (unpaired) electrons. The van der Waals surface area contributed by atoms with Crippen LogP contribution in [0.2, 0.25) is 0 Å². The third kappa shape index (κ3) is 5.15. The number of ether oxygens (including phenoxy) is 1. The van der Waals surface area contributed by atoms with Crippen LogP contribution in [0.3, 0.4) is 0 Å². The van der Waals surface area contributed by atoms with Crippen molar-refractivity contribution in [1.29, 1.82) is 0 Å². The zero-order valence-corrected chi connectivity index (χ0v) is 18.1. The van der Waals surface area contributed by atoms with Gasteiger partial charge < -0.3 is 15.0 Å². The van der Waals surface area contributed by atoms with Crippen molar-refractivity contribution in [3.05, 3.63) is 65.7 Å². The van der Waals surface area contributed by atoms with Gasteiger partial charge in [0.2, 0.25) is 0 Å². The number of hydrogen-bond donors (Lipinski definition) is 2. The van der Waals surface area contributed by atoms with Crippen LogP contribution in [0.15, 0.2) is 54.6 Å². The lowest BCUT2D eigenvalue weighted by atomic mass is 9.63. The number of nitrogens with one attached hydrogen (secondary N) is 1. The highest BCUT2D eigenvalue weighted by Crippen LogP contribution is 2.40. The van der Waals surface area contributed by atoms with Gasteiger partial charge in [-0.1, -0.05) is 37.3 Å². The lowest BCUT2D eigenvalue weighted by Crippen LogP contribution is -3.15. The first kappa shape index (κ1) is 20.9. The molecule has 152 valence electrons. The molecule has 1 fully saturated rings. The minimum absolute atomic E-state index is 0.413. The normalized spacial score (nSPS) is 27.5. The van der Waals surface area contributed by atoms with E-state index in [0.29, 0.717) is 5.41 Å². The summed E-state index contributed by atoms with van der Waals surface area (Å²) in [7, 11) is 4.09. The van der Waals surface area contributed by atoms with Gasteiger partial charge in [-0.3, -0.25) is 0 Å². The maximum atomic E-state index is 5.26. The first-order valence-electron chi connectivity index (χ1n) is 10.8. The molecule has 4 atom stereocenters. The van der Waals surface area contributed by atoms with Crippen LogP contribution in [0.4, 0.5) is 0 Å². The van der Waals surface area contributed by atoms with Gasteiger partial charge in [0.25, 0.3) is 0 Å². The minimum atomic E-state index is 0.413. The van der Waals surface area contributed by atoms with E-state index in [1.807, 2.05) is 0 Å². The van der Waals surface area contributed by atoms with E-state index in [9.17, 15) is 0 Å². The number of rotatable bonds is 8. The molecular weight excluding hydrogens is 344 g/mol. The number of benzene rings is 2. The smallest absolute Gasteiger partial charge is 0.118 e. The van der Waals surface area contributed by atoms with Gasteiger partial charge in [-0.25, -0.2) is 0 Å². The number of likely N-dealkylation sites (tertiary alicyclic amines) is 1. The second kappa shape index (κ2) is 9.58. The molecule has 2 aromatic rings. The third-order valence-electron chi connectivity index (χ3n) is 7.01. The van der Waals surface area contributed by atoms with E-state index < -0.39 is 0 Å². The second-order valence-corrected chi connectivity index (χ2v) is 8.96. The van der Waals surface area contributed by atoms with E-state index in [-0.39, 0.29) is 0 Å². The summed E-state index contributed by atoms with van der Waals surface area (Å²) in [4.78, 5) is 1.69. The molecule has 3 heteroatoms. The van der Waals surface area contributed by atoms with E-state index in [0.717, 1.165) is 24.3 Å². The predicted molar refractivity (Wildman–Crippen MR) is 116 cm³/mol. The van der Waals surface area contributed by atoms with E-state index in [4.69, 9.17) is 4.74 Å². The van der Waals surface area contributed by atoms with Gasteiger partial charge in [-0.15, -0.1) is 0 Å². The standard InChI is InChI=1S/C25H36N2O/c1-20-19-27(3)21(2)16-25(20,17-22-8-6-5-7-9-22)14-15-26-18-23-10-12-24(28-4)13-11-23/h5-13,20-21,26H,14-19H2,1-4H3/p+2/t20-,21-,25-/m1/s1. The van der Waals surface area contributed by atoms with Gasteiger partial charge in [-0.2, -0.15) is 0 Å². The van der Waals surface area contributed by atoms with Gasteiger partial charge in [0, 0.05) is 24.3 Å². The molecule has 0 aliphatic carbocycles. The average molecular weight is 383 g/mol. The maximum Gasteiger partial charge on any atom is 0.118 e. The van der Waals surface area contributed by atoms with Crippen molar-refractivity contribution in [2.24, 2.45) is 11.3 Å². The Morgan fingerprint density at radius 1 is 1.04 bits per heavy atom. The zero-order chi connectivity index (χ0) is 20.0. The molecule has 3 N–H and O–H groups in total. The SMILES string of the molecule is COc1ccc(C[NH2+]CC[C@]2(Cc3ccccc3)C[C@@H](C)[NH+](C)C[C@H]2C)cc1. The Labute approximate surface area is 171 Å². The monoisotopic (exact) mass is 382 g/mol. The van der Waals surface area contributed by atoms with E-state index in [2.05, 4.69) is 80.8 Å². The van der Waals surface area contributed by atoms with Crippen LogP contribution in [0, 0.1) is 11.3 Å². The number of quaternary nitrogens is 2. The number of nitrogens with two attached hydrogens (primary N) is 1. The molecule has 3 nitrogen and oxygen atoms in total. The molecule has 28 heavy (non-hydrogen) atoms. The Kier molecular flexibility index (Phi) is 7.14. The summed E-state index contributed by atoms with van der Waals surface area (Å²) in [6.07, 6.45) is 3.82. The van der Waals surface area contributed by atoms with Crippen molar-refractivity contribution in [2.75, 3.05) is 27.2 Å². The van der Waals surface area contributed by atoms with Crippen LogP contribution in [-0.2, 0) is 13.0 Å². The summed E-state index contributed by atoms with van der Waals surface area (Å²) in [5, 5.41) is 2.48. The van der Waals surface area contributed by atoms with Crippen molar-refractivity contribution in [3.63, 3.8) is 0 Å². The van der Waals surface area contributed by atoms with E-state index in [1.165, 1.54) is 43.5 Å². The Morgan fingerprint density at radius 3 is 2.43 bits per heavy atom. The van der Waals surface area contributed by atoms with Crippen molar-refractivity contribution >= 4 is 0 Å². The second-order valence-electron chi connectivity index (χ2n) is 8.96. The lowest BCUT2D eigenvalue weighted by molar-refractivity contribution is -0.916. The highest BCUT2D eigenvalue weighted by atomic mass is 16.5. The molecule has 0 spiro atoms. The van der Waals surface area contributed by atoms with Crippen molar-refractivity contribution in [3.8, 4) is 5.75 Å². The maximum absolute atomic E-state index is 5.26. The molecule has 1 unspecified atom stereocenters. The molecular formula is C25H38N2O+2. The van der Waals surface area contributed by atoms with Crippen LogP contribution < -0.4 is 15.0 Å². The van der Waals surface area contributed by atoms with Gasteiger partial charge in [-0.05, 0) is 48.6 Å². The van der Waals surface area contributed by atoms with E-state index >= 15 is 0 Å². The van der Waals surface area contributed by atoms with Gasteiger partial charge in [0.15, 0.2) is 0 Å². The fourth-order valence-corrected chi connectivity index (χ4v) is 4.99. The van der Waals surface area contributed by atoms with Crippen LogP contribution in [-0.4, -0.2) is 33.3 Å². The predicted octanol–water partition coefficient (Wildman–Crippen LogP) is 2.32. The topological polar surface area (TPSA) is 30.3 Å². The molecule has 1 heterocycles. The molecule has 1 saturated heterocycles. The molecule has 2 aromatic carbocycles. The molecule has 1 aliphatic rings. The molecule has 3 rings (SSSR count). The summed E-state index contributed by atoms with van der Waals surface area (Å²) in [5.74, 6) is 1.68. The van der Waals surface area contributed by atoms with Crippen LogP contribution in [0.25, 0.3) is 0 Å². The summed E-state index contributed by atoms with van der Waals surface area (Å²) in [5.41, 5.74) is 3.28. The summed E-state index contributed by atoms with van der Waals surface area (Å²) < 4.78 is 5.26. The van der Waals surface area contributed by atoms with Crippen molar-refractivity contribution in [1.82, 2.24) is 0 Å². The van der Waals surface area contributed by atoms with E-state index in [1.54, 1.807) is 12.0 Å². The van der Waals surface area contributed by atoms with Crippen LogP contribution >= 0.6 is 0 Å². The lowest BCUT2D eigenvalue weighted by Gasteiger charge is -2.47. The Morgan fingerprint density at radius 2 is 1.75 bits per heavy atom. The largest absolute Gasteiger partial charge is 0.497 e. The zero-order valence-electron chi connectivity index (χ0n) is 18.1. The Hall–Kier alpha value is -1.84. The summed E-state index contributed by atoms with van der Waals surface area (Å²) in [6, 6.07) is 20.3. The number of methoxy groups -OCH3 is 1. The third-order valence-corrected chi connectivity index (χ3v) is 7.01.